The number of nitrogens with one attached hydrogen (secondary N) is 1. The van der Waals surface area contributed by atoms with Crippen LogP contribution in [0.3, 0.4) is 0 Å². The highest BCUT2D eigenvalue weighted by atomic mass is 19.1. The normalized spacial score (nSPS) is 10.3. The lowest BCUT2D eigenvalue weighted by molar-refractivity contribution is -0.135. The van der Waals surface area contributed by atoms with Gasteiger partial charge in [-0.2, -0.15) is 0 Å². The first kappa shape index (κ1) is 16.5. The molecule has 0 radical (unpaired) electrons. The number of carbonyl (C=O) groups excluding carboxylic acids is 1. The summed E-state index contributed by atoms with van der Waals surface area (Å²) in [5.74, 6) is -2.79. The summed E-state index contributed by atoms with van der Waals surface area (Å²) < 4.78 is 13.4. The second kappa shape index (κ2) is 6.51. The van der Waals surface area contributed by atoms with Gasteiger partial charge in [0.1, 0.15) is 26.0 Å². The zero-order valence-electron chi connectivity index (χ0n) is 12.6. The van der Waals surface area contributed by atoms with Crippen molar-refractivity contribution in [1.29, 1.82) is 0 Å². The molecule has 3 N–H and O–H groups in total. The van der Waals surface area contributed by atoms with Gasteiger partial charge in [0.05, 0.1) is 0 Å². The predicted molar refractivity (Wildman–Crippen MR) is 87.6 cm³/mol. The van der Waals surface area contributed by atoms with E-state index in [0.29, 0.717) is 22.2 Å². The van der Waals surface area contributed by atoms with Gasteiger partial charge in [-0.25, -0.2) is 4.39 Å². The van der Waals surface area contributed by atoms with E-state index in [1.807, 2.05) is 0 Å². The number of halogens is 1. The quantitative estimate of drug-likeness (QED) is 0.563. The van der Waals surface area contributed by atoms with Crippen LogP contribution < -0.4 is 16.4 Å². The molecule has 1 amide bonds. The molecule has 1 aromatic heterocycles. The number of nitrogens with zero attached hydrogens (tertiary/aromatic N) is 1. The average Bonchev–Trinajstić information content (AvgIpc) is 2.48. The van der Waals surface area contributed by atoms with Crippen LogP contribution in [-0.2, 0) is 4.79 Å². The molecule has 9 heteroatoms. The number of aliphatic carboxylic acids is 1. The number of amides is 1. The molecule has 0 saturated heterocycles. The van der Waals surface area contributed by atoms with Crippen molar-refractivity contribution in [3.8, 4) is 16.9 Å². The van der Waals surface area contributed by atoms with Gasteiger partial charge in [-0.15, -0.1) is 0 Å². The molecular formula is C14H13B2FN2O4. The lowest BCUT2D eigenvalue weighted by Crippen LogP contribution is -2.34. The van der Waals surface area contributed by atoms with E-state index < -0.39 is 24.2 Å². The van der Waals surface area contributed by atoms with Crippen LogP contribution in [-0.4, -0.2) is 49.3 Å². The van der Waals surface area contributed by atoms with Gasteiger partial charge in [-0.3, -0.25) is 14.6 Å². The second-order valence-electron chi connectivity index (χ2n) is 4.98. The van der Waals surface area contributed by atoms with Crippen molar-refractivity contribution < 1.29 is 24.2 Å². The largest absolute Gasteiger partial charge is 0.506 e. The van der Waals surface area contributed by atoms with Crippen LogP contribution in [0.5, 0.6) is 5.75 Å². The number of carboxylic acids is 1. The monoisotopic (exact) mass is 314 g/mol. The number of benzene rings is 1. The molecule has 23 heavy (non-hydrogen) atoms. The van der Waals surface area contributed by atoms with Crippen molar-refractivity contribution in [3.05, 3.63) is 35.8 Å². The van der Waals surface area contributed by atoms with Crippen molar-refractivity contribution >= 4 is 38.6 Å². The number of hydrogen-bond acceptors (Lipinski definition) is 4. The maximum atomic E-state index is 13.4. The molecule has 6 nitrogen and oxygen atoms in total. The summed E-state index contributed by atoms with van der Waals surface area (Å²) in [7, 11) is 3.21. The number of hydrogen-bond donors (Lipinski definition) is 3. The third-order valence-electron chi connectivity index (χ3n) is 3.32. The summed E-state index contributed by atoms with van der Waals surface area (Å²) >= 11 is 0. The number of aromatic hydroxyl groups is 1. The molecule has 0 spiro atoms. The van der Waals surface area contributed by atoms with Crippen molar-refractivity contribution in [2.24, 2.45) is 0 Å². The average molecular weight is 314 g/mol. The molecule has 0 aliphatic carbocycles. The molecule has 2 aromatic rings. The number of pyridine rings is 1. The minimum Gasteiger partial charge on any atom is -0.506 e. The maximum absolute atomic E-state index is 13.4. The number of aromatic nitrogens is 1. The summed E-state index contributed by atoms with van der Waals surface area (Å²) in [5.41, 5.74) is 1.58. The first-order valence-electron chi connectivity index (χ1n) is 6.77. The molecule has 0 bridgehead atoms. The van der Waals surface area contributed by atoms with Crippen LogP contribution in [0.25, 0.3) is 11.1 Å². The van der Waals surface area contributed by atoms with Crippen LogP contribution in [0.4, 0.5) is 4.39 Å². The standard InChI is InChI=1S/C14H13B2FN2O4/c15-10-9(6-2-1-3-7(17)4-6)13(16)19-11(12(10)22)14(23)18-5-8(20)21/h1-4,22H,5,15-16H2,(H,18,23)(H,20,21). The summed E-state index contributed by atoms with van der Waals surface area (Å²) in [6.45, 7) is -0.580. The van der Waals surface area contributed by atoms with Crippen LogP contribution in [0.1, 0.15) is 10.5 Å². The summed E-state index contributed by atoms with van der Waals surface area (Å²) in [4.78, 5) is 26.5. The third kappa shape index (κ3) is 3.50. The number of carbonyl (C=O) groups is 2. The van der Waals surface area contributed by atoms with Gasteiger partial charge in [-0.1, -0.05) is 12.1 Å². The first-order chi connectivity index (χ1) is 10.8. The molecule has 0 unspecified atom stereocenters. The first-order valence-corrected chi connectivity index (χ1v) is 6.77. The van der Waals surface area contributed by atoms with Gasteiger partial charge in [0, 0.05) is 5.59 Å². The Morgan fingerprint density at radius 1 is 1.30 bits per heavy atom. The zero-order chi connectivity index (χ0) is 17.1. The van der Waals surface area contributed by atoms with E-state index in [1.165, 1.54) is 18.2 Å². The Morgan fingerprint density at radius 2 is 2.00 bits per heavy atom. The number of carboxylic acid groups (broad SMARTS) is 1. The Hall–Kier alpha value is -2.83. The van der Waals surface area contributed by atoms with Crippen LogP contribution in [0, 0.1) is 5.82 Å². The van der Waals surface area contributed by atoms with Gasteiger partial charge in [0.15, 0.2) is 13.5 Å². The van der Waals surface area contributed by atoms with Gasteiger partial charge >= 0.3 is 5.97 Å². The van der Waals surface area contributed by atoms with E-state index in [0.717, 1.165) is 0 Å². The molecule has 0 saturated carbocycles. The van der Waals surface area contributed by atoms with E-state index in [-0.39, 0.29) is 11.4 Å². The molecule has 0 atom stereocenters. The molecular weight excluding hydrogens is 301 g/mol. The van der Waals surface area contributed by atoms with Crippen molar-refractivity contribution in [1.82, 2.24) is 10.3 Å². The van der Waals surface area contributed by atoms with Crippen molar-refractivity contribution in [3.63, 3.8) is 0 Å². The Balaban J connectivity index is 2.48. The highest BCUT2D eigenvalue weighted by Gasteiger charge is 2.20. The molecule has 116 valence electrons. The topological polar surface area (TPSA) is 99.5 Å². The van der Waals surface area contributed by atoms with Crippen LogP contribution in [0.15, 0.2) is 24.3 Å². The van der Waals surface area contributed by atoms with Gasteiger partial charge in [0.25, 0.3) is 5.91 Å². The fourth-order valence-electron chi connectivity index (χ4n) is 2.31. The minimum atomic E-state index is -1.21. The maximum Gasteiger partial charge on any atom is 0.322 e. The van der Waals surface area contributed by atoms with E-state index in [9.17, 15) is 19.1 Å². The van der Waals surface area contributed by atoms with E-state index in [4.69, 9.17) is 5.11 Å². The van der Waals surface area contributed by atoms with Gasteiger partial charge in [0.2, 0.25) is 0 Å². The minimum absolute atomic E-state index is 0.263. The summed E-state index contributed by atoms with van der Waals surface area (Å²) in [6.07, 6.45) is 0. The van der Waals surface area contributed by atoms with Crippen LogP contribution >= 0.6 is 0 Å². The molecule has 2 rings (SSSR count). The Morgan fingerprint density at radius 3 is 2.61 bits per heavy atom. The second-order valence-corrected chi connectivity index (χ2v) is 4.98. The van der Waals surface area contributed by atoms with Gasteiger partial charge < -0.3 is 15.5 Å². The van der Waals surface area contributed by atoms with Crippen molar-refractivity contribution in [2.75, 3.05) is 6.54 Å². The molecule has 0 aliphatic rings. The molecule has 1 aromatic carbocycles. The highest BCUT2D eigenvalue weighted by Crippen LogP contribution is 2.20. The Bertz CT molecular complexity index is 799. The molecule has 1 heterocycles. The molecule has 0 fully saturated rings. The van der Waals surface area contributed by atoms with Crippen LogP contribution in [0.2, 0.25) is 0 Å². The predicted octanol–water partition coefficient (Wildman–Crippen LogP) is -2.08. The fourth-order valence-corrected chi connectivity index (χ4v) is 2.31. The summed E-state index contributed by atoms with van der Waals surface area (Å²) in [5, 5.41) is 20.9. The molecule has 0 aliphatic heterocycles. The highest BCUT2D eigenvalue weighted by molar-refractivity contribution is 6.44. The van der Waals surface area contributed by atoms with Gasteiger partial charge in [-0.05, 0) is 28.7 Å². The summed E-state index contributed by atoms with van der Waals surface area (Å²) in [6, 6.07) is 5.81. The third-order valence-corrected chi connectivity index (χ3v) is 3.32. The van der Waals surface area contributed by atoms with E-state index in [2.05, 4.69) is 10.3 Å². The SMILES string of the molecule is Bc1nc(C(=O)NCC(=O)O)c(O)c(B)c1-c1cccc(F)c1. The van der Waals surface area contributed by atoms with Crippen molar-refractivity contribution in [2.45, 2.75) is 0 Å². The van der Waals surface area contributed by atoms with E-state index in [1.54, 1.807) is 21.8 Å². The van der Waals surface area contributed by atoms with E-state index >= 15 is 0 Å². The lowest BCUT2D eigenvalue weighted by atomic mass is 9.80. The Kier molecular flexibility index (Phi) is 4.68. The number of rotatable bonds is 4. The lowest BCUT2D eigenvalue weighted by Gasteiger charge is -2.15. The fraction of sp³-hybridized carbons (Fsp3) is 0.0714. The zero-order valence-corrected chi connectivity index (χ0v) is 12.6. The Labute approximate surface area is 133 Å². The smallest absolute Gasteiger partial charge is 0.322 e.